The first-order valence-corrected chi connectivity index (χ1v) is 13.1. The monoisotopic (exact) mass is 603 g/mol. The molecule has 2 N–H and O–H groups in total. The van der Waals surface area contributed by atoms with Crippen LogP contribution in [0.4, 0.5) is 4.39 Å². The van der Waals surface area contributed by atoms with Crippen molar-refractivity contribution in [2.24, 2.45) is 11.0 Å². The number of hydrogen-bond donors (Lipinski definition) is 2. The molecule has 0 bridgehead atoms. The Kier molecular flexibility index (Phi) is 10.7. The van der Waals surface area contributed by atoms with Gasteiger partial charge in [0.25, 0.3) is 11.8 Å². The predicted octanol–water partition coefficient (Wildman–Crippen LogP) is 6.12. The number of benzene rings is 3. The molecule has 3 aromatic rings. The van der Waals surface area contributed by atoms with Gasteiger partial charge in [-0.1, -0.05) is 55.8 Å². The van der Waals surface area contributed by atoms with Crippen molar-refractivity contribution < 1.29 is 23.5 Å². The highest BCUT2D eigenvalue weighted by Crippen LogP contribution is 2.37. The van der Waals surface area contributed by atoms with Crippen molar-refractivity contribution in [1.29, 1.82) is 0 Å². The van der Waals surface area contributed by atoms with Crippen LogP contribution in [-0.2, 0) is 11.4 Å². The number of nitrogens with one attached hydrogen (secondary N) is 2. The van der Waals surface area contributed by atoms with Crippen molar-refractivity contribution in [1.82, 2.24) is 10.7 Å². The Bertz CT molecular complexity index is 1320. The van der Waals surface area contributed by atoms with E-state index in [1.54, 1.807) is 38.1 Å². The molecular weight excluding hydrogens is 577 g/mol. The molecule has 0 aromatic heterocycles. The van der Waals surface area contributed by atoms with Crippen LogP contribution in [0, 0.1) is 11.7 Å². The molecule has 0 aliphatic rings. The standard InChI is InChI=1S/C28H28BrClFN3O4/c1-4-37-24-14-18(13-21(29)26(24)38-16-19-9-5-7-11-22(19)30)15-32-34-28(36)25(17(2)3)33-27(35)20-10-6-8-12-23(20)31/h5-15,17,25H,4,16H2,1-3H3,(H,33,35)(H,34,36)/b32-15+. The maximum absolute atomic E-state index is 14.0. The minimum atomic E-state index is -0.925. The molecule has 1 atom stereocenters. The molecule has 0 radical (unpaired) electrons. The van der Waals surface area contributed by atoms with Crippen LogP contribution in [0.2, 0.25) is 5.02 Å². The van der Waals surface area contributed by atoms with Gasteiger partial charge in [0.15, 0.2) is 11.5 Å². The summed E-state index contributed by atoms with van der Waals surface area (Å²) in [5, 5.41) is 7.22. The van der Waals surface area contributed by atoms with E-state index in [9.17, 15) is 14.0 Å². The van der Waals surface area contributed by atoms with Crippen LogP contribution in [-0.4, -0.2) is 30.7 Å². The third-order valence-electron chi connectivity index (χ3n) is 5.40. The quantitative estimate of drug-likeness (QED) is 0.204. The summed E-state index contributed by atoms with van der Waals surface area (Å²) in [6.45, 7) is 6.04. The minimum absolute atomic E-state index is 0.139. The molecule has 200 valence electrons. The van der Waals surface area contributed by atoms with Crippen LogP contribution in [0.3, 0.4) is 0 Å². The van der Waals surface area contributed by atoms with Crippen molar-refractivity contribution in [2.75, 3.05) is 6.61 Å². The Hall–Kier alpha value is -3.43. The van der Waals surface area contributed by atoms with Gasteiger partial charge in [0.05, 0.1) is 22.9 Å². The van der Waals surface area contributed by atoms with E-state index in [1.165, 1.54) is 24.4 Å². The fourth-order valence-corrected chi connectivity index (χ4v) is 4.23. The van der Waals surface area contributed by atoms with Gasteiger partial charge < -0.3 is 14.8 Å². The van der Waals surface area contributed by atoms with Gasteiger partial charge in [-0.3, -0.25) is 9.59 Å². The lowest BCUT2D eigenvalue weighted by Crippen LogP contribution is -2.48. The van der Waals surface area contributed by atoms with Crippen LogP contribution in [0.5, 0.6) is 11.5 Å². The summed E-state index contributed by atoms with van der Waals surface area (Å²) in [6, 6.07) is 15.5. The maximum Gasteiger partial charge on any atom is 0.262 e. The summed E-state index contributed by atoms with van der Waals surface area (Å²) in [5.41, 5.74) is 3.76. The molecule has 3 rings (SSSR count). The van der Waals surface area contributed by atoms with Crippen LogP contribution in [0.1, 0.15) is 42.3 Å². The molecule has 10 heteroatoms. The highest BCUT2D eigenvalue weighted by atomic mass is 79.9. The van der Waals surface area contributed by atoms with Crippen molar-refractivity contribution >= 4 is 45.6 Å². The fraction of sp³-hybridized carbons (Fsp3) is 0.250. The summed E-state index contributed by atoms with van der Waals surface area (Å²) < 4.78 is 26.3. The third-order valence-corrected chi connectivity index (χ3v) is 6.36. The summed E-state index contributed by atoms with van der Waals surface area (Å²) in [6.07, 6.45) is 1.44. The van der Waals surface area contributed by atoms with Crippen molar-refractivity contribution in [2.45, 2.75) is 33.4 Å². The number of amides is 2. The highest BCUT2D eigenvalue weighted by Gasteiger charge is 2.25. The van der Waals surface area contributed by atoms with E-state index in [0.29, 0.717) is 33.2 Å². The van der Waals surface area contributed by atoms with Gasteiger partial charge in [-0.25, -0.2) is 9.82 Å². The molecule has 38 heavy (non-hydrogen) atoms. The van der Waals surface area contributed by atoms with Crippen LogP contribution in [0.15, 0.2) is 70.2 Å². The molecule has 7 nitrogen and oxygen atoms in total. The first kappa shape index (κ1) is 29.1. The number of ether oxygens (including phenoxy) is 2. The Balaban J connectivity index is 1.70. The second-order valence-corrected chi connectivity index (χ2v) is 9.81. The van der Waals surface area contributed by atoms with Gasteiger partial charge >= 0.3 is 0 Å². The maximum atomic E-state index is 14.0. The SMILES string of the molecule is CCOc1cc(/C=N/NC(=O)C(NC(=O)c2ccccc2F)C(C)C)cc(Br)c1OCc1ccccc1Cl. The van der Waals surface area contributed by atoms with Gasteiger partial charge in [0, 0.05) is 10.6 Å². The predicted molar refractivity (Wildman–Crippen MR) is 149 cm³/mol. The molecule has 1 unspecified atom stereocenters. The molecular formula is C28H28BrClFN3O4. The van der Waals surface area contributed by atoms with Gasteiger partial charge in [0.1, 0.15) is 18.5 Å². The topological polar surface area (TPSA) is 89.0 Å². The van der Waals surface area contributed by atoms with E-state index in [0.717, 1.165) is 5.56 Å². The Morgan fingerprint density at radius 3 is 2.50 bits per heavy atom. The lowest BCUT2D eigenvalue weighted by atomic mass is 10.0. The van der Waals surface area contributed by atoms with Crippen molar-refractivity contribution in [3.05, 3.63) is 92.7 Å². The molecule has 0 saturated heterocycles. The summed E-state index contributed by atoms with van der Waals surface area (Å²) in [5.74, 6) is -1.17. The van der Waals surface area contributed by atoms with E-state index in [4.69, 9.17) is 21.1 Å². The van der Waals surface area contributed by atoms with Crippen LogP contribution in [0.25, 0.3) is 0 Å². The highest BCUT2D eigenvalue weighted by molar-refractivity contribution is 9.10. The number of rotatable bonds is 11. The number of carbonyl (C=O) groups is 2. The smallest absolute Gasteiger partial charge is 0.262 e. The molecule has 0 saturated carbocycles. The lowest BCUT2D eigenvalue weighted by molar-refractivity contribution is -0.123. The largest absolute Gasteiger partial charge is 0.490 e. The third kappa shape index (κ3) is 7.79. The molecule has 0 spiro atoms. The lowest BCUT2D eigenvalue weighted by Gasteiger charge is -2.20. The van der Waals surface area contributed by atoms with E-state index in [2.05, 4.69) is 31.8 Å². The zero-order valence-corrected chi connectivity index (χ0v) is 23.5. The molecule has 0 fully saturated rings. The van der Waals surface area contributed by atoms with E-state index in [1.807, 2.05) is 25.1 Å². The zero-order valence-electron chi connectivity index (χ0n) is 21.1. The normalized spacial score (nSPS) is 11.9. The first-order chi connectivity index (χ1) is 18.2. The van der Waals surface area contributed by atoms with E-state index < -0.39 is 23.7 Å². The second kappa shape index (κ2) is 13.9. The Morgan fingerprint density at radius 1 is 1.11 bits per heavy atom. The Morgan fingerprint density at radius 2 is 1.82 bits per heavy atom. The zero-order chi connectivity index (χ0) is 27.7. The molecule has 0 heterocycles. The molecule has 2 amide bonds. The van der Waals surface area contributed by atoms with Crippen molar-refractivity contribution in [3.8, 4) is 11.5 Å². The number of hydrazone groups is 1. The number of hydrogen-bond acceptors (Lipinski definition) is 5. The molecule has 0 aliphatic carbocycles. The van der Waals surface area contributed by atoms with Crippen LogP contribution >= 0.6 is 27.5 Å². The minimum Gasteiger partial charge on any atom is -0.490 e. The summed E-state index contributed by atoms with van der Waals surface area (Å²) in [4.78, 5) is 25.3. The number of nitrogens with zero attached hydrogens (tertiary/aromatic N) is 1. The first-order valence-electron chi connectivity index (χ1n) is 11.9. The Labute approximate surface area is 234 Å². The van der Waals surface area contributed by atoms with Gasteiger partial charge in [0.2, 0.25) is 0 Å². The van der Waals surface area contributed by atoms with Gasteiger partial charge in [-0.05, 0) is 64.7 Å². The molecule has 3 aromatic carbocycles. The second-order valence-electron chi connectivity index (χ2n) is 8.55. The summed E-state index contributed by atoms with van der Waals surface area (Å²) in [7, 11) is 0. The average molecular weight is 605 g/mol. The van der Waals surface area contributed by atoms with Gasteiger partial charge in [-0.15, -0.1) is 0 Å². The van der Waals surface area contributed by atoms with Crippen molar-refractivity contribution in [3.63, 3.8) is 0 Å². The number of carbonyl (C=O) groups excluding carboxylic acids is 2. The summed E-state index contributed by atoms with van der Waals surface area (Å²) >= 11 is 9.75. The van der Waals surface area contributed by atoms with E-state index >= 15 is 0 Å². The molecule has 0 aliphatic heterocycles. The van der Waals surface area contributed by atoms with E-state index in [-0.39, 0.29) is 18.1 Å². The number of halogens is 3. The van der Waals surface area contributed by atoms with Gasteiger partial charge in [-0.2, -0.15) is 5.10 Å². The van der Waals surface area contributed by atoms with Crippen LogP contribution < -0.4 is 20.2 Å². The fourth-order valence-electron chi connectivity index (χ4n) is 3.47. The average Bonchev–Trinajstić information content (AvgIpc) is 2.87.